The first kappa shape index (κ1) is 9.79. The fraction of sp³-hybridized carbons (Fsp3) is 0.286. The van der Waals surface area contributed by atoms with Gasteiger partial charge in [0.1, 0.15) is 5.82 Å². The number of anilines is 2. The second-order valence-corrected chi connectivity index (χ2v) is 4.49. The van der Waals surface area contributed by atoms with Crippen molar-refractivity contribution in [1.82, 2.24) is 4.98 Å². The summed E-state index contributed by atoms with van der Waals surface area (Å²) in [5.74, 6) is 0.400. The highest BCUT2D eigenvalue weighted by Crippen LogP contribution is 2.08. The molecule has 0 aliphatic rings. The molecule has 0 saturated carbocycles. The van der Waals surface area contributed by atoms with Gasteiger partial charge in [-0.3, -0.25) is 4.72 Å². The highest BCUT2D eigenvalue weighted by molar-refractivity contribution is 7.92. The summed E-state index contributed by atoms with van der Waals surface area (Å²) in [6, 6.07) is 3.10. The third-order valence-electron chi connectivity index (χ3n) is 1.44. The molecule has 0 aromatic carbocycles. The van der Waals surface area contributed by atoms with E-state index in [0.29, 0.717) is 11.5 Å². The maximum atomic E-state index is 11.1. The number of sulfonamides is 1. The Labute approximate surface area is 77.0 Å². The first-order valence-electron chi connectivity index (χ1n) is 3.75. The van der Waals surface area contributed by atoms with E-state index in [1.807, 2.05) is 0 Å². The molecule has 0 aliphatic carbocycles. The van der Waals surface area contributed by atoms with Crippen LogP contribution in [0, 0.1) is 0 Å². The molecule has 13 heavy (non-hydrogen) atoms. The number of hydrogen-bond donors (Lipinski definition) is 2. The smallest absolute Gasteiger partial charge is 0.232 e. The van der Waals surface area contributed by atoms with E-state index in [-0.39, 0.29) is 5.75 Å². The largest absolute Gasteiger partial charge is 0.384 e. The van der Waals surface area contributed by atoms with Crippen molar-refractivity contribution in [3.63, 3.8) is 0 Å². The van der Waals surface area contributed by atoms with E-state index in [1.165, 1.54) is 12.3 Å². The number of nitrogens with one attached hydrogen (secondary N) is 1. The second kappa shape index (κ2) is 3.61. The molecule has 0 saturated heterocycles. The number of pyridine rings is 1. The van der Waals surface area contributed by atoms with Crippen molar-refractivity contribution in [2.24, 2.45) is 0 Å². The zero-order chi connectivity index (χ0) is 9.90. The maximum Gasteiger partial charge on any atom is 0.232 e. The molecule has 1 heterocycles. The summed E-state index contributed by atoms with van der Waals surface area (Å²) in [6.07, 6.45) is 1.38. The molecule has 0 bridgehead atoms. The van der Waals surface area contributed by atoms with Gasteiger partial charge in [0.2, 0.25) is 10.0 Å². The van der Waals surface area contributed by atoms with Crippen LogP contribution in [0.15, 0.2) is 18.3 Å². The topological polar surface area (TPSA) is 85.1 Å². The summed E-state index contributed by atoms with van der Waals surface area (Å²) in [6.45, 7) is 1.56. The van der Waals surface area contributed by atoms with Gasteiger partial charge in [0, 0.05) is 0 Å². The van der Waals surface area contributed by atoms with E-state index in [1.54, 1.807) is 13.0 Å². The molecule has 0 fully saturated rings. The van der Waals surface area contributed by atoms with E-state index in [0.717, 1.165) is 0 Å². The van der Waals surface area contributed by atoms with Gasteiger partial charge in [0.15, 0.2) is 0 Å². The SMILES string of the molecule is CCS(=O)(=O)Nc1ccc(N)nc1. The van der Waals surface area contributed by atoms with Crippen molar-refractivity contribution in [2.75, 3.05) is 16.2 Å². The van der Waals surface area contributed by atoms with Crippen LogP contribution >= 0.6 is 0 Å². The van der Waals surface area contributed by atoms with Crippen molar-refractivity contribution in [2.45, 2.75) is 6.92 Å². The number of rotatable bonds is 3. The molecule has 1 aromatic heterocycles. The number of nitrogens with two attached hydrogens (primary N) is 1. The quantitative estimate of drug-likeness (QED) is 0.742. The molecule has 0 unspecified atom stereocenters. The Morgan fingerprint density at radius 2 is 2.23 bits per heavy atom. The molecule has 0 atom stereocenters. The number of nitrogens with zero attached hydrogens (tertiary/aromatic N) is 1. The number of nitrogen functional groups attached to an aromatic ring is 1. The molecule has 6 heteroatoms. The van der Waals surface area contributed by atoms with Gasteiger partial charge < -0.3 is 5.73 Å². The first-order chi connectivity index (χ1) is 6.03. The molecule has 0 spiro atoms. The Hall–Kier alpha value is -1.30. The molecule has 72 valence electrons. The van der Waals surface area contributed by atoms with Crippen molar-refractivity contribution in [3.8, 4) is 0 Å². The molecule has 3 N–H and O–H groups in total. The van der Waals surface area contributed by atoms with Crippen molar-refractivity contribution >= 4 is 21.5 Å². The van der Waals surface area contributed by atoms with E-state index < -0.39 is 10.0 Å². The van der Waals surface area contributed by atoms with Gasteiger partial charge in [-0.1, -0.05) is 0 Å². The maximum absolute atomic E-state index is 11.1. The molecule has 1 rings (SSSR count). The van der Waals surface area contributed by atoms with E-state index in [2.05, 4.69) is 9.71 Å². The van der Waals surface area contributed by atoms with Gasteiger partial charge in [0.25, 0.3) is 0 Å². The molecule has 0 amide bonds. The minimum atomic E-state index is -3.22. The lowest BCUT2D eigenvalue weighted by atomic mass is 10.4. The molecule has 0 aliphatic heterocycles. The Morgan fingerprint density at radius 3 is 2.69 bits per heavy atom. The fourth-order valence-electron chi connectivity index (χ4n) is 0.717. The minimum Gasteiger partial charge on any atom is -0.384 e. The average Bonchev–Trinajstić information content (AvgIpc) is 2.09. The van der Waals surface area contributed by atoms with Crippen LogP contribution in [-0.2, 0) is 10.0 Å². The van der Waals surface area contributed by atoms with E-state index in [9.17, 15) is 8.42 Å². The second-order valence-electron chi connectivity index (χ2n) is 2.48. The summed E-state index contributed by atoms with van der Waals surface area (Å²) in [5, 5.41) is 0. The van der Waals surface area contributed by atoms with Crippen LogP contribution < -0.4 is 10.5 Å². The standard InChI is InChI=1S/C7H11N3O2S/c1-2-13(11,12)10-6-3-4-7(8)9-5-6/h3-5,10H,2H2,1H3,(H2,8,9). The van der Waals surface area contributed by atoms with Crippen molar-refractivity contribution in [3.05, 3.63) is 18.3 Å². The monoisotopic (exact) mass is 201 g/mol. The minimum absolute atomic E-state index is 0.0391. The van der Waals surface area contributed by atoms with Crippen LogP contribution in [-0.4, -0.2) is 19.2 Å². The Bertz CT molecular complexity index is 371. The van der Waals surface area contributed by atoms with Gasteiger partial charge in [-0.15, -0.1) is 0 Å². The van der Waals surface area contributed by atoms with Crippen LogP contribution in [0.4, 0.5) is 11.5 Å². The number of hydrogen-bond acceptors (Lipinski definition) is 4. The summed E-state index contributed by atoms with van der Waals surface area (Å²) in [4.78, 5) is 3.75. The summed E-state index contributed by atoms with van der Waals surface area (Å²) < 4.78 is 24.5. The molecular formula is C7H11N3O2S. The Kier molecular flexibility index (Phi) is 2.72. The fourth-order valence-corrected chi connectivity index (χ4v) is 1.34. The lowest BCUT2D eigenvalue weighted by Gasteiger charge is -2.04. The van der Waals surface area contributed by atoms with Gasteiger partial charge in [-0.2, -0.15) is 0 Å². The zero-order valence-electron chi connectivity index (χ0n) is 7.19. The Balaban J connectivity index is 2.82. The molecular weight excluding hydrogens is 190 g/mol. The number of aromatic nitrogens is 1. The summed E-state index contributed by atoms with van der Waals surface area (Å²) >= 11 is 0. The predicted octanol–water partition coefficient (Wildman–Crippen LogP) is 0.425. The molecule has 5 nitrogen and oxygen atoms in total. The third kappa shape index (κ3) is 2.90. The van der Waals surface area contributed by atoms with Gasteiger partial charge in [-0.25, -0.2) is 13.4 Å². The van der Waals surface area contributed by atoms with Crippen molar-refractivity contribution < 1.29 is 8.42 Å². The van der Waals surface area contributed by atoms with Crippen LogP contribution in [0.3, 0.4) is 0 Å². The van der Waals surface area contributed by atoms with Crippen LogP contribution in [0.5, 0.6) is 0 Å². The molecule has 1 aromatic rings. The van der Waals surface area contributed by atoms with Crippen LogP contribution in [0.25, 0.3) is 0 Å². The first-order valence-corrected chi connectivity index (χ1v) is 5.41. The zero-order valence-corrected chi connectivity index (χ0v) is 8.00. The van der Waals surface area contributed by atoms with E-state index >= 15 is 0 Å². The summed E-state index contributed by atoms with van der Waals surface area (Å²) in [7, 11) is -3.22. The Morgan fingerprint density at radius 1 is 1.54 bits per heavy atom. The van der Waals surface area contributed by atoms with Gasteiger partial charge in [-0.05, 0) is 19.1 Å². The lowest BCUT2D eigenvalue weighted by Crippen LogP contribution is -2.14. The van der Waals surface area contributed by atoms with Crippen LogP contribution in [0.1, 0.15) is 6.92 Å². The highest BCUT2D eigenvalue weighted by atomic mass is 32.2. The third-order valence-corrected chi connectivity index (χ3v) is 2.75. The predicted molar refractivity (Wildman–Crippen MR) is 51.7 cm³/mol. The highest BCUT2D eigenvalue weighted by Gasteiger charge is 2.05. The molecule has 0 radical (unpaired) electrons. The van der Waals surface area contributed by atoms with Crippen molar-refractivity contribution in [1.29, 1.82) is 0 Å². The van der Waals surface area contributed by atoms with Crippen LogP contribution in [0.2, 0.25) is 0 Å². The lowest BCUT2D eigenvalue weighted by molar-refractivity contribution is 0.602. The van der Waals surface area contributed by atoms with Gasteiger partial charge >= 0.3 is 0 Å². The van der Waals surface area contributed by atoms with Gasteiger partial charge in [0.05, 0.1) is 17.6 Å². The average molecular weight is 201 g/mol. The van der Waals surface area contributed by atoms with E-state index in [4.69, 9.17) is 5.73 Å². The normalized spacial score (nSPS) is 11.2. The summed E-state index contributed by atoms with van der Waals surface area (Å²) in [5.41, 5.74) is 5.76.